The van der Waals surface area contributed by atoms with E-state index in [0.717, 1.165) is 31.6 Å². The molecule has 2 atom stereocenters. The minimum absolute atomic E-state index is 0.0677. The van der Waals surface area contributed by atoms with Crippen LogP contribution in [0.3, 0.4) is 0 Å². The number of amides is 1. The standard InChI is InChI=1S/C23H24FN3OS/c24-19-9-2-1-7-17(19)15-27-13-5-8-18(16-27)22(20-10-3-4-12-25-20)26-23(28)21-11-6-14-29-21/h1-4,6-7,9-12,14,18,22H,5,8,13,15-16H2,(H,26,28)/t18-,22+/m1/s1. The van der Waals surface area contributed by atoms with Crippen LogP contribution in [-0.2, 0) is 6.54 Å². The van der Waals surface area contributed by atoms with Gasteiger partial charge in [-0.2, -0.15) is 0 Å². The van der Waals surface area contributed by atoms with Crippen molar-refractivity contribution < 1.29 is 9.18 Å². The van der Waals surface area contributed by atoms with E-state index in [0.29, 0.717) is 17.0 Å². The monoisotopic (exact) mass is 409 g/mol. The number of rotatable bonds is 6. The van der Waals surface area contributed by atoms with Crippen LogP contribution in [0.15, 0.2) is 66.2 Å². The number of nitrogens with zero attached hydrogens (tertiary/aromatic N) is 2. The van der Waals surface area contributed by atoms with Gasteiger partial charge in [0.05, 0.1) is 16.6 Å². The molecule has 0 bridgehead atoms. The number of carbonyl (C=O) groups excluding carboxylic acids is 1. The predicted octanol–water partition coefficient (Wildman–Crippen LogP) is 4.67. The van der Waals surface area contributed by atoms with Gasteiger partial charge in [0.2, 0.25) is 0 Å². The Morgan fingerprint density at radius 3 is 2.83 bits per heavy atom. The second-order valence-electron chi connectivity index (χ2n) is 7.41. The first-order valence-corrected chi connectivity index (χ1v) is 10.8. The normalized spacial score (nSPS) is 18.3. The smallest absolute Gasteiger partial charge is 0.261 e. The van der Waals surface area contributed by atoms with Crippen molar-refractivity contribution in [1.29, 1.82) is 0 Å². The van der Waals surface area contributed by atoms with Gasteiger partial charge in [0.15, 0.2) is 0 Å². The van der Waals surface area contributed by atoms with E-state index < -0.39 is 0 Å². The zero-order chi connectivity index (χ0) is 20.1. The molecule has 1 aromatic carbocycles. The third-order valence-electron chi connectivity index (χ3n) is 5.40. The molecule has 1 amide bonds. The molecule has 1 N–H and O–H groups in total. The van der Waals surface area contributed by atoms with Gasteiger partial charge in [-0.25, -0.2) is 4.39 Å². The molecule has 0 spiro atoms. The van der Waals surface area contributed by atoms with E-state index in [2.05, 4.69) is 15.2 Å². The molecule has 0 saturated carbocycles. The number of nitrogens with one attached hydrogen (secondary N) is 1. The van der Waals surface area contributed by atoms with Gasteiger partial charge in [-0.3, -0.25) is 14.7 Å². The second-order valence-corrected chi connectivity index (χ2v) is 8.36. The summed E-state index contributed by atoms with van der Waals surface area (Å²) in [7, 11) is 0. The SMILES string of the molecule is O=C(N[C@H](c1ccccn1)[C@@H]1CCCN(Cc2ccccc2F)C1)c1cccs1. The number of thiophene rings is 1. The molecule has 1 aliphatic heterocycles. The van der Waals surface area contributed by atoms with Crippen LogP contribution < -0.4 is 5.32 Å². The minimum Gasteiger partial charge on any atom is -0.343 e. The summed E-state index contributed by atoms with van der Waals surface area (Å²) in [6.07, 6.45) is 3.77. The van der Waals surface area contributed by atoms with Crippen LogP contribution >= 0.6 is 11.3 Å². The number of benzene rings is 1. The summed E-state index contributed by atoms with van der Waals surface area (Å²) in [6.45, 7) is 2.30. The average molecular weight is 410 g/mol. The number of hydrogen-bond acceptors (Lipinski definition) is 4. The highest BCUT2D eigenvalue weighted by atomic mass is 32.1. The van der Waals surface area contributed by atoms with Gasteiger partial charge in [-0.05, 0) is 54.9 Å². The molecule has 1 fully saturated rings. The Labute approximate surface area is 174 Å². The highest BCUT2D eigenvalue weighted by Crippen LogP contribution is 2.30. The van der Waals surface area contributed by atoms with Crippen LogP contribution in [0.25, 0.3) is 0 Å². The maximum atomic E-state index is 14.1. The zero-order valence-electron chi connectivity index (χ0n) is 16.1. The van der Waals surface area contributed by atoms with Gasteiger partial charge in [0.1, 0.15) is 5.82 Å². The zero-order valence-corrected chi connectivity index (χ0v) is 16.9. The van der Waals surface area contributed by atoms with E-state index in [-0.39, 0.29) is 23.7 Å². The summed E-state index contributed by atoms with van der Waals surface area (Å²) in [5.74, 6) is -0.0156. The Hall–Kier alpha value is -2.57. The van der Waals surface area contributed by atoms with Crippen molar-refractivity contribution in [3.05, 3.63) is 88.1 Å². The Bertz CT molecular complexity index is 932. The van der Waals surface area contributed by atoms with Crippen molar-refractivity contribution in [3.8, 4) is 0 Å². The Morgan fingerprint density at radius 1 is 1.21 bits per heavy atom. The molecule has 150 valence electrons. The number of piperidine rings is 1. The summed E-state index contributed by atoms with van der Waals surface area (Å²) < 4.78 is 14.1. The molecule has 29 heavy (non-hydrogen) atoms. The van der Waals surface area contributed by atoms with E-state index in [9.17, 15) is 9.18 Å². The van der Waals surface area contributed by atoms with Crippen LogP contribution in [0.2, 0.25) is 0 Å². The van der Waals surface area contributed by atoms with Crippen LogP contribution in [0.5, 0.6) is 0 Å². The highest BCUT2D eigenvalue weighted by molar-refractivity contribution is 7.12. The summed E-state index contributed by atoms with van der Waals surface area (Å²) in [5.41, 5.74) is 1.58. The number of aromatic nitrogens is 1. The number of likely N-dealkylation sites (tertiary alicyclic amines) is 1. The number of halogens is 1. The highest BCUT2D eigenvalue weighted by Gasteiger charge is 2.31. The lowest BCUT2D eigenvalue weighted by atomic mass is 9.88. The molecule has 1 aliphatic rings. The molecule has 3 heterocycles. The Balaban J connectivity index is 1.52. The summed E-state index contributed by atoms with van der Waals surface area (Å²) in [6, 6.07) is 16.3. The first-order valence-electron chi connectivity index (χ1n) is 9.92. The van der Waals surface area contributed by atoms with Crippen molar-refractivity contribution in [2.75, 3.05) is 13.1 Å². The molecule has 0 radical (unpaired) electrons. The molecule has 1 saturated heterocycles. The number of pyridine rings is 1. The quantitative estimate of drug-likeness (QED) is 0.644. The summed E-state index contributed by atoms with van der Waals surface area (Å²) in [5, 5.41) is 5.11. The molecule has 4 nitrogen and oxygen atoms in total. The fraction of sp³-hybridized carbons (Fsp3) is 0.304. The van der Waals surface area contributed by atoms with Gasteiger partial charge in [0.25, 0.3) is 5.91 Å². The third kappa shape index (κ3) is 4.89. The van der Waals surface area contributed by atoms with Crippen LogP contribution in [0.1, 0.15) is 39.8 Å². The molecule has 6 heteroatoms. The van der Waals surface area contributed by atoms with Crippen LogP contribution in [0.4, 0.5) is 4.39 Å². The van der Waals surface area contributed by atoms with Crippen LogP contribution in [-0.4, -0.2) is 28.9 Å². The minimum atomic E-state index is -0.172. The fourth-order valence-corrected chi connectivity index (χ4v) is 4.61. The molecule has 3 aromatic rings. The van der Waals surface area contributed by atoms with Gasteiger partial charge in [-0.1, -0.05) is 30.3 Å². The van der Waals surface area contributed by atoms with E-state index in [4.69, 9.17) is 0 Å². The summed E-state index contributed by atoms with van der Waals surface area (Å²) >= 11 is 1.43. The lowest BCUT2D eigenvalue weighted by Crippen LogP contribution is -2.43. The third-order valence-corrected chi connectivity index (χ3v) is 6.27. The molecule has 2 aromatic heterocycles. The second kappa shape index (κ2) is 9.29. The molecule has 0 aliphatic carbocycles. The molecule has 0 unspecified atom stereocenters. The maximum absolute atomic E-state index is 14.1. The van der Waals surface area contributed by atoms with E-state index in [1.54, 1.807) is 12.3 Å². The number of carbonyl (C=O) groups is 1. The van der Waals surface area contributed by atoms with Gasteiger partial charge in [0, 0.05) is 24.8 Å². The summed E-state index contributed by atoms with van der Waals surface area (Å²) in [4.78, 5) is 20.3. The van der Waals surface area contributed by atoms with Crippen molar-refractivity contribution >= 4 is 17.2 Å². The predicted molar refractivity (Wildman–Crippen MR) is 113 cm³/mol. The first kappa shape index (κ1) is 19.7. The van der Waals surface area contributed by atoms with E-state index in [1.807, 2.05) is 47.8 Å². The van der Waals surface area contributed by atoms with Crippen molar-refractivity contribution in [3.63, 3.8) is 0 Å². The van der Waals surface area contributed by atoms with Gasteiger partial charge in [-0.15, -0.1) is 11.3 Å². The Morgan fingerprint density at radius 2 is 2.07 bits per heavy atom. The molecular formula is C23H24FN3OS. The lowest BCUT2D eigenvalue weighted by molar-refractivity contribution is 0.0878. The molecule has 4 rings (SSSR count). The van der Waals surface area contributed by atoms with Gasteiger partial charge >= 0.3 is 0 Å². The van der Waals surface area contributed by atoms with Crippen LogP contribution in [0, 0.1) is 11.7 Å². The van der Waals surface area contributed by atoms with E-state index >= 15 is 0 Å². The maximum Gasteiger partial charge on any atom is 0.261 e. The topological polar surface area (TPSA) is 45.2 Å². The first-order chi connectivity index (χ1) is 14.2. The number of hydrogen-bond donors (Lipinski definition) is 1. The Kier molecular flexibility index (Phi) is 6.32. The lowest BCUT2D eigenvalue weighted by Gasteiger charge is -2.37. The van der Waals surface area contributed by atoms with Crippen molar-refractivity contribution in [2.45, 2.75) is 25.4 Å². The molecular weight excluding hydrogens is 385 g/mol. The van der Waals surface area contributed by atoms with Crippen molar-refractivity contribution in [1.82, 2.24) is 15.2 Å². The van der Waals surface area contributed by atoms with E-state index in [1.165, 1.54) is 17.4 Å². The van der Waals surface area contributed by atoms with Gasteiger partial charge < -0.3 is 5.32 Å². The van der Waals surface area contributed by atoms with Crippen molar-refractivity contribution in [2.24, 2.45) is 5.92 Å². The average Bonchev–Trinajstić information content (AvgIpc) is 3.29. The largest absolute Gasteiger partial charge is 0.343 e. The fourth-order valence-electron chi connectivity index (χ4n) is 3.99.